The number of imidazole rings is 1. The van der Waals surface area contributed by atoms with Gasteiger partial charge in [-0.25, -0.2) is 4.98 Å². The Hall–Kier alpha value is -2.53. The fourth-order valence-corrected chi connectivity index (χ4v) is 5.05. The lowest BCUT2D eigenvalue weighted by Gasteiger charge is -2.36. The van der Waals surface area contributed by atoms with Crippen LogP contribution in [0.25, 0.3) is 12.3 Å². The number of nitrogens with two attached hydrogens (primary N) is 1. The minimum absolute atomic E-state index is 0.636. The first-order valence-electron chi connectivity index (χ1n) is 12.4. The van der Waals surface area contributed by atoms with E-state index in [0.717, 1.165) is 65.0 Å². The molecule has 0 saturated heterocycles. The van der Waals surface area contributed by atoms with Crippen LogP contribution in [0.4, 0.5) is 0 Å². The highest BCUT2D eigenvalue weighted by atomic mass is 16.5. The zero-order valence-electron chi connectivity index (χ0n) is 20.9. The molecule has 0 spiro atoms. The van der Waals surface area contributed by atoms with Crippen LogP contribution < -0.4 is 16.3 Å². The summed E-state index contributed by atoms with van der Waals surface area (Å²) in [6.45, 7) is 15.2. The molecule has 0 aliphatic heterocycles. The number of benzene rings is 1. The summed E-state index contributed by atoms with van der Waals surface area (Å²) in [7, 11) is 1.73. The Balaban J connectivity index is 1.90. The van der Waals surface area contributed by atoms with E-state index >= 15 is 0 Å². The number of methoxy groups -OCH3 is 1. The molecule has 0 bridgehead atoms. The fourth-order valence-electron chi connectivity index (χ4n) is 5.05. The Morgan fingerprint density at radius 3 is 2.55 bits per heavy atom. The van der Waals surface area contributed by atoms with E-state index in [0.29, 0.717) is 12.6 Å². The minimum Gasteiger partial charge on any atom is -0.400 e. The van der Waals surface area contributed by atoms with Crippen molar-refractivity contribution in [2.75, 3.05) is 20.3 Å². The molecule has 3 rings (SSSR count). The minimum atomic E-state index is 0.636. The molecule has 2 N–H and O–H groups in total. The van der Waals surface area contributed by atoms with Crippen LogP contribution in [-0.4, -0.2) is 40.8 Å². The number of allylic oxidation sites excluding steroid dienone is 1. The van der Waals surface area contributed by atoms with Crippen molar-refractivity contribution >= 4 is 12.3 Å². The van der Waals surface area contributed by atoms with Gasteiger partial charge in [0.05, 0.1) is 12.0 Å². The summed E-state index contributed by atoms with van der Waals surface area (Å²) < 4.78 is 7.72. The topological polar surface area (TPSA) is 56.3 Å². The Bertz CT molecular complexity index is 1120. The van der Waals surface area contributed by atoms with E-state index < -0.39 is 0 Å². The Labute approximate surface area is 199 Å². The highest BCUT2D eigenvalue weighted by molar-refractivity contribution is 5.35. The molecule has 0 atom stereocenters. The van der Waals surface area contributed by atoms with Gasteiger partial charge in [-0.15, -0.1) is 0 Å². The molecule has 1 aliphatic carbocycles. The van der Waals surface area contributed by atoms with Crippen molar-refractivity contribution in [3.8, 4) is 0 Å². The van der Waals surface area contributed by atoms with Crippen molar-refractivity contribution < 1.29 is 4.74 Å². The quantitative estimate of drug-likeness (QED) is 0.560. The summed E-state index contributed by atoms with van der Waals surface area (Å²) in [5.41, 5.74) is 8.23. The highest BCUT2D eigenvalue weighted by Crippen LogP contribution is 2.25. The van der Waals surface area contributed by atoms with E-state index in [9.17, 15) is 0 Å². The van der Waals surface area contributed by atoms with Crippen molar-refractivity contribution in [3.63, 3.8) is 0 Å². The second-order valence-electron chi connectivity index (χ2n) is 9.39. The lowest BCUT2D eigenvalue weighted by molar-refractivity contribution is 0.195. The third-order valence-electron chi connectivity index (χ3n) is 6.76. The molecule has 33 heavy (non-hydrogen) atoms. The summed E-state index contributed by atoms with van der Waals surface area (Å²) in [4.78, 5) is 7.50. The molecule has 1 aromatic carbocycles. The molecule has 2 aromatic rings. The van der Waals surface area contributed by atoms with Gasteiger partial charge in [0, 0.05) is 49.3 Å². The average Bonchev–Trinajstić information content (AvgIpc) is 3.16. The van der Waals surface area contributed by atoms with Gasteiger partial charge in [0.1, 0.15) is 11.2 Å². The Morgan fingerprint density at radius 2 is 1.91 bits per heavy atom. The molecule has 1 fully saturated rings. The zero-order valence-corrected chi connectivity index (χ0v) is 20.9. The maximum Gasteiger partial charge on any atom is 0.112 e. The number of rotatable bonds is 10. The van der Waals surface area contributed by atoms with Crippen LogP contribution >= 0.6 is 0 Å². The molecular weight excluding hydrogens is 408 g/mol. The standard InChI is InChI=1S/C28H42N4O/c1-21(2)31(24-14-7-6-8-15-24)18-11-12-19-32-26(17-20-33-5)30-27(23(4)29)28(32)25-16-10-9-13-22(25)3/h9-10,13,16,24H,1,3,6-8,11-12,14-15,17-20,29H2,2,4-5H3/b27-23-,28-25+. The van der Waals surface area contributed by atoms with Gasteiger partial charge in [-0.3, -0.25) is 0 Å². The van der Waals surface area contributed by atoms with Crippen LogP contribution in [0, 0.1) is 10.6 Å². The number of hydrogen-bond acceptors (Lipinski definition) is 4. The molecule has 180 valence electrons. The second-order valence-corrected chi connectivity index (χ2v) is 9.39. The van der Waals surface area contributed by atoms with Gasteiger partial charge >= 0.3 is 0 Å². The van der Waals surface area contributed by atoms with Gasteiger partial charge in [-0.1, -0.05) is 56.7 Å². The predicted octanol–water partition coefficient (Wildman–Crippen LogP) is 3.80. The summed E-state index contributed by atoms with van der Waals surface area (Å²) in [6.07, 6.45) is 9.62. The van der Waals surface area contributed by atoms with Crippen LogP contribution in [0.15, 0.2) is 36.5 Å². The molecular formula is C28H42N4O. The smallest absolute Gasteiger partial charge is 0.112 e. The van der Waals surface area contributed by atoms with E-state index in [2.05, 4.69) is 41.7 Å². The van der Waals surface area contributed by atoms with E-state index in [1.165, 1.54) is 37.8 Å². The van der Waals surface area contributed by atoms with Gasteiger partial charge in [-0.2, -0.15) is 0 Å². The molecule has 1 heterocycles. The first kappa shape index (κ1) is 25.1. The molecule has 5 heteroatoms. The van der Waals surface area contributed by atoms with Crippen LogP contribution in [0.3, 0.4) is 0 Å². The number of aromatic nitrogens is 2. The van der Waals surface area contributed by atoms with Crippen LogP contribution in [0.2, 0.25) is 0 Å². The average molecular weight is 451 g/mol. The normalized spacial score (nSPS) is 16.6. The summed E-state index contributed by atoms with van der Waals surface area (Å²) >= 11 is 0. The van der Waals surface area contributed by atoms with Crippen molar-refractivity contribution in [1.29, 1.82) is 0 Å². The van der Waals surface area contributed by atoms with Gasteiger partial charge in [0.15, 0.2) is 0 Å². The molecule has 1 aliphatic rings. The van der Waals surface area contributed by atoms with Gasteiger partial charge < -0.3 is 19.9 Å². The Kier molecular flexibility index (Phi) is 9.19. The lowest BCUT2D eigenvalue weighted by atomic mass is 9.93. The summed E-state index contributed by atoms with van der Waals surface area (Å²) in [6, 6.07) is 8.91. The molecule has 5 nitrogen and oxygen atoms in total. The third kappa shape index (κ3) is 6.29. The molecule has 1 aromatic heterocycles. The monoisotopic (exact) mass is 450 g/mol. The van der Waals surface area contributed by atoms with E-state index in [1.54, 1.807) is 7.11 Å². The SMILES string of the molecule is C=C(C)N(CCCCn1c(CCOC)nc(=C(/C)N)/c1=c1/ccccc1=C)C1CCCCC1. The second kappa shape index (κ2) is 12.1. The fraction of sp³-hybridized carbons (Fsp3) is 0.536. The van der Waals surface area contributed by atoms with E-state index in [-0.39, 0.29) is 0 Å². The van der Waals surface area contributed by atoms with E-state index in [1.807, 2.05) is 19.1 Å². The molecule has 0 amide bonds. The third-order valence-corrected chi connectivity index (χ3v) is 6.76. The number of nitrogens with zero attached hydrogens (tertiary/aromatic N) is 3. The first-order chi connectivity index (χ1) is 15.9. The Morgan fingerprint density at radius 1 is 1.18 bits per heavy atom. The van der Waals surface area contributed by atoms with Crippen molar-refractivity contribution in [1.82, 2.24) is 14.5 Å². The molecule has 0 unspecified atom stereocenters. The number of ether oxygens (including phenoxy) is 1. The number of unbranched alkanes of at least 4 members (excludes halogenated alkanes) is 1. The van der Waals surface area contributed by atoms with Crippen LogP contribution in [0.1, 0.15) is 64.6 Å². The molecule has 1 saturated carbocycles. The molecule has 0 radical (unpaired) electrons. The largest absolute Gasteiger partial charge is 0.400 e. The van der Waals surface area contributed by atoms with E-state index in [4.69, 9.17) is 15.5 Å². The lowest BCUT2D eigenvalue weighted by Crippen LogP contribution is -2.35. The maximum absolute atomic E-state index is 6.30. The van der Waals surface area contributed by atoms with Crippen LogP contribution in [-0.2, 0) is 17.7 Å². The van der Waals surface area contributed by atoms with Gasteiger partial charge in [0.25, 0.3) is 0 Å². The van der Waals surface area contributed by atoms with Crippen molar-refractivity contribution in [2.24, 2.45) is 5.73 Å². The van der Waals surface area contributed by atoms with Crippen molar-refractivity contribution in [3.05, 3.63) is 63.5 Å². The van der Waals surface area contributed by atoms with Crippen LogP contribution in [0.5, 0.6) is 0 Å². The highest BCUT2D eigenvalue weighted by Gasteiger charge is 2.20. The summed E-state index contributed by atoms with van der Waals surface area (Å²) in [5, 5.41) is 4.03. The number of hydrogen-bond donors (Lipinski definition) is 1. The van der Waals surface area contributed by atoms with Gasteiger partial charge in [-0.05, 0) is 44.7 Å². The van der Waals surface area contributed by atoms with Crippen molar-refractivity contribution in [2.45, 2.75) is 77.8 Å². The predicted molar refractivity (Wildman–Crippen MR) is 138 cm³/mol. The van der Waals surface area contributed by atoms with Gasteiger partial charge in [0.2, 0.25) is 0 Å². The first-order valence-corrected chi connectivity index (χ1v) is 12.4. The summed E-state index contributed by atoms with van der Waals surface area (Å²) in [5.74, 6) is 1.03. The zero-order chi connectivity index (χ0) is 23.8. The maximum atomic E-state index is 6.30.